The van der Waals surface area contributed by atoms with E-state index < -0.39 is 0 Å². The standard InChI is InChI=1S/C20H27N3O3/c1-4-5-6-20(24)23-16-8-10-19(22-14-16)21-12-11-15-7-9-17(25-2)18(13-15)26-3/h7-10,13-14H,4-6,11-12H2,1-3H3,(H,21,22)(H,23,24). The largest absolute Gasteiger partial charge is 0.493 e. The summed E-state index contributed by atoms with van der Waals surface area (Å²) >= 11 is 0. The van der Waals surface area contributed by atoms with E-state index in [1.165, 1.54) is 0 Å². The van der Waals surface area contributed by atoms with E-state index in [4.69, 9.17) is 9.47 Å². The molecule has 1 heterocycles. The number of amides is 1. The minimum absolute atomic E-state index is 0.0304. The molecule has 0 unspecified atom stereocenters. The van der Waals surface area contributed by atoms with Crippen LogP contribution in [0.2, 0.25) is 0 Å². The molecule has 2 rings (SSSR count). The lowest BCUT2D eigenvalue weighted by atomic mass is 10.1. The molecule has 0 atom stereocenters. The molecule has 0 aliphatic rings. The van der Waals surface area contributed by atoms with Crippen LogP contribution in [0.25, 0.3) is 0 Å². The number of nitrogens with one attached hydrogen (secondary N) is 2. The van der Waals surface area contributed by atoms with E-state index in [2.05, 4.69) is 22.5 Å². The number of benzene rings is 1. The van der Waals surface area contributed by atoms with Crippen molar-refractivity contribution in [2.24, 2.45) is 0 Å². The Morgan fingerprint density at radius 2 is 1.92 bits per heavy atom. The average molecular weight is 357 g/mol. The molecule has 26 heavy (non-hydrogen) atoms. The molecule has 2 N–H and O–H groups in total. The van der Waals surface area contributed by atoms with Gasteiger partial charge in [-0.15, -0.1) is 0 Å². The Balaban J connectivity index is 1.82. The normalized spacial score (nSPS) is 10.3. The van der Waals surface area contributed by atoms with Gasteiger partial charge in [0.15, 0.2) is 11.5 Å². The third-order valence-electron chi connectivity index (χ3n) is 3.97. The van der Waals surface area contributed by atoms with Gasteiger partial charge in [0, 0.05) is 13.0 Å². The Kier molecular flexibility index (Phi) is 7.74. The van der Waals surface area contributed by atoms with Crippen LogP contribution in [0.4, 0.5) is 11.5 Å². The SMILES string of the molecule is CCCCC(=O)Nc1ccc(NCCc2ccc(OC)c(OC)c2)nc1. The molecule has 1 aromatic heterocycles. The molecule has 0 radical (unpaired) electrons. The van der Waals surface area contributed by atoms with Gasteiger partial charge in [0.2, 0.25) is 5.91 Å². The second-order valence-electron chi connectivity index (χ2n) is 5.95. The molecule has 0 saturated heterocycles. The van der Waals surface area contributed by atoms with E-state index in [0.29, 0.717) is 6.42 Å². The number of methoxy groups -OCH3 is 2. The van der Waals surface area contributed by atoms with Crippen LogP contribution in [0.1, 0.15) is 31.7 Å². The van der Waals surface area contributed by atoms with Gasteiger partial charge in [0.25, 0.3) is 0 Å². The fraction of sp³-hybridized carbons (Fsp3) is 0.400. The van der Waals surface area contributed by atoms with Gasteiger partial charge in [-0.1, -0.05) is 19.4 Å². The molecule has 0 spiro atoms. The number of aromatic nitrogens is 1. The van der Waals surface area contributed by atoms with E-state index in [9.17, 15) is 4.79 Å². The number of nitrogens with zero attached hydrogens (tertiary/aromatic N) is 1. The van der Waals surface area contributed by atoms with E-state index in [0.717, 1.165) is 54.4 Å². The molecule has 140 valence electrons. The second kappa shape index (κ2) is 10.3. The van der Waals surface area contributed by atoms with Crippen molar-refractivity contribution in [3.63, 3.8) is 0 Å². The van der Waals surface area contributed by atoms with Crippen molar-refractivity contribution in [1.82, 2.24) is 4.98 Å². The third-order valence-corrected chi connectivity index (χ3v) is 3.97. The first kappa shape index (κ1) is 19.6. The van der Waals surface area contributed by atoms with Gasteiger partial charge >= 0.3 is 0 Å². The van der Waals surface area contributed by atoms with Crippen LogP contribution in [-0.4, -0.2) is 31.7 Å². The molecule has 2 aromatic rings. The summed E-state index contributed by atoms with van der Waals surface area (Å²) < 4.78 is 10.6. The Morgan fingerprint density at radius 1 is 1.12 bits per heavy atom. The molecule has 0 saturated carbocycles. The summed E-state index contributed by atoms with van der Waals surface area (Å²) in [6, 6.07) is 9.62. The van der Waals surface area contributed by atoms with Crippen molar-refractivity contribution in [3.8, 4) is 11.5 Å². The van der Waals surface area contributed by atoms with Crippen molar-refractivity contribution in [2.45, 2.75) is 32.6 Å². The maximum absolute atomic E-state index is 11.7. The fourth-order valence-electron chi connectivity index (χ4n) is 2.50. The zero-order valence-corrected chi connectivity index (χ0v) is 15.7. The summed E-state index contributed by atoms with van der Waals surface area (Å²) in [6.45, 7) is 2.81. The van der Waals surface area contributed by atoms with Gasteiger partial charge in [0.1, 0.15) is 5.82 Å². The Morgan fingerprint density at radius 3 is 2.58 bits per heavy atom. The van der Waals surface area contributed by atoms with Crippen LogP contribution in [0.15, 0.2) is 36.5 Å². The summed E-state index contributed by atoms with van der Waals surface area (Å²) in [5.41, 5.74) is 1.87. The summed E-state index contributed by atoms with van der Waals surface area (Å²) in [6.07, 6.45) is 4.95. The molecule has 0 aliphatic heterocycles. The summed E-state index contributed by atoms with van der Waals surface area (Å²) in [4.78, 5) is 16.0. The van der Waals surface area contributed by atoms with Gasteiger partial charge in [-0.3, -0.25) is 4.79 Å². The predicted octanol–water partition coefficient (Wildman–Crippen LogP) is 3.88. The smallest absolute Gasteiger partial charge is 0.224 e. The first-order chi connectivity index (χ1) is 12.7. The number of unbranched alkanes of at least 4 members (excludes halogenated alkanes) is 1. The monoisotopic (exact) mass is 357 g/mol. The molecule has 0 aliphatic carbocycles. The first-order valence-corrected chi connectivity index (χ1v) is 8.87. The minimum Gasteiger partial charge on any atom is -0.493 e. The van der Waals surface area contributed by atoms with Crippen molar-refractivity contribution in [1.29, 1.82) is 0 Å². The number of ether oxygens (including phenoxy) is 2. The lowest BCUT2D eigenvalue weighted by Crippen LogP contribution is -2.11. The predicted molar refractivity (Wildman–Crippen MR) is 104 cm³/mol. The number of pyridine rings is 1. The Bertz CT molecular complexity index is 702. The highest BCUT2D eigenvalue weighted by molar-refractivity contribution is 5.90. The number of hydrogen-bond acceptors (Lipinski definition) is 5. The van der Waals surface area contributed by atoms with Crippen LogP contribution in [-0.2, 0) is 11.2 Å². The molecule has 0 fully saturated rings. The highest BCUT2D eigenvalue weighted by atomic mass is 16.5. The van der Waals surface area contributed by atoms with Crippen LogP contribution in [0, 0.1) is 0 Å². The number of hydrogen-bond donors (Lipinski definition) is 2. The average Bonchev–Trinajstić information content (AvgIpc) is 2.67. The van der Waals surface area contributed by atoms with E-state index in [1.54, 1.807) is 20.4 Å². The van der Waals surface area contributed by atoms with Crippen LogP contribution in [0.3, 0.4) is 0 Å². The number of anilines is 2. The highest BCUT2D eigenvalue weighted by Gasteiger charge is 2.05. The number of rotatable bonds is 10. The van der Waals surface area contributed by atoms with Crippen molar-refractivity contribution < 1.29 is 14.3 Å². The maximum Gasteiger partial charge on any atom is 0.224 e. The molecular formula is C20H27N3O3. The van der Waals surface area contributed by atoms with Gasteiger partial charge in [-0.25, -0.2) is 4.98 Å². The molecule has 6 nitrogen and oxygen atoms in total. The zero-order chi connectivity index (χ0) is 18.8. The van der Waals surface area contributed by atoms with E-state index in [-0.39, 0.29) is 5.91 Å². The fourth-order valence-corrected chi connectivity index (χ4v) is 2.50. The topological polar surface area (TPSA) is 72.5 Å². The van der Waals surface area contributed by atoms with Crippen molar-refractivity contribution in [2.75, 3.05) is 31.4 Å². The lowest BCUT2D eigenvalue weighted by molar-refractivity contribution is -0.116. The summed E-state index contributed by atoms with van der Waals surface area (Å²) in [5, 5.41) is 6.13. The third kappa shape index (κ3) is 5.95. The van der Waals surface area contributed by atoms with Gasteiger partial charge in [-0.05, 0) is 42.7 Å². The zero-order valence-electron chi connectivity index (χ0n) is 15.7. The van der Waals surface area contributed by atoms with E-state index >= 15 is 0 Å². The van der Waals surface area contributed by atoms with E-state index in [1.807, 2.05) is 30.3 Å². The van der Waals surface area contributed by atoms with Crippen LogP contribution < -0.4 is 20.1 Å². The second-order valence-corrected chi connectivity index (χ2v) is 5.95. The molecule has 1 amide bonds. The summed E-state index contributed by atoms with van der Waals surface area (Å²) in [7, 11) is 3.26. The van der Waals surface area contributed by atoms with Crippen molar-refractivity contribution in [3.05, 3.63) is 42.1 Å². The Labute approximate surface area is 154 Å². The van der Waals surface area contributed by atoms with Crippen LogP contribution in [0.5, 0.6) is 11.5 Å². The molecular weight excluding hydrogens is 330 g/mol. The molecule has 6 heteroatoms. The highest BCUT2D eigenvalue weighted by Crippen LogP contribution is 2.27. The number of carbonyl (C=O) groups is 1. The Hall–Kier alpha value is -2.76. The van der Waals surface area contributed by atoms with Gasteiger partial charge < -0.3 is 20.1 Å². The number of carbonyl (C=O) groups excluding carboxylic acids is 1. The molecule has 0 bridgehead atoms. The minimum atomic E-state index is 0.0304. The van der Waals surface area contributed by atoms with Gasteiger partial charge in [-0.2, -0.15) is 0 Å². The lowest BCUT2D eigenvalue weighted by Gasteiger charge is -2.10. The maximum atomic E-state index is 11.7. The van der Waals surface area contributed by atoms with Gasteiger partial charge in [0.05, 0.1) is 26.1 Å². The quantitative estimate of drug-likeness (QED) is 0.675. The summed E-state index contributed by atoms with van der Waals surface area (Å²) in [5.74, 6) is 2.26. The van der Waals surface area contributed by atoms with Crippen LogP contribution >= 0.6 is 0 Å². The molecule has 1 aromatic carbocycles. The first-order valence-electron chi connectivity index (χ1n) is 8.87. The van der Waals surface area contributed by atoms with Crippen molar-refractivity contribution >= 4 is 17.4 Å².